The average molecular weight is 414 g/mol. The Bertz CT molecular complexity index is 1010. The van der Waals surface area contributed by atoms with E-state index in [1.807, 2.05) is 36.6 Å². The van der Waals surface area contributed by atoms with Gasteiger partial charge in [-0.15, -0.1) is 11.3 Å². The minimum atomic E-state index is -3.24. The second kappa shape index (κ2) is 8.31. The average Bonchev–Trinajstić information content (AvgIpc) is 3.18. The van der Waals surface area contributed by atoms with Crippen molar-refractivity contribution in [2.24, 2.45) is 0 Å². The van der Waals surface area contributed by atoms with E-state index < -0.39 is 13.0 Å². The van der Waals surface area contributed by atoms with E-state index >= 15 is 0 Å². The van der Waals surface area contributed by atoms with Gasteiger partial charge in [0.25, 0.3) is 5.91 Å². The fourth-order valence-corrected chi connectivity index (χ4v) is 5.29. The van der Waals surface area contributed by atoms with Crippen molar-refractivity contribution in [2.45, 2.75) is 19.0 Å². The number of benzene rings is 2. The standard InChI is InChI=1S/C21H23N2O3PS/c1-3-19(27(2,25)26)14-6-8-15(9-7-14)21(24)23-18-13-16(10-11-17(18)22)20-5-4-12-28-20/h4-13,19H,3,22H2,1-2H3,(H,23,24)(H,25,26). The molecule has 1 amide bonds. The maximum Gasteiger partial charge on any atom is 0.255 e. The minimum absolute atomic E-state index is 0.279. The van der Waals surface area contributed by atoms with E-state index in [0.717, 1.165) is 16.0 Å². The first kappa shape index (κ1) is 20.3. The quantitative estimate of drug-likeness (QED) is 0.361. The molecule has 0 aliphatic carbocycles. The van der Waals surface area contributed by atoms with Crippen LogP contribution in [0.3, 0.4) is 0 Å². The first-order chi connectivity index (χ1) is 13.3. The van der Waals surface area contributed by atoms with Gasteiger partial charge in [0.15, 0.2) is 0 Å². The van der Waals surface area contributed by atoms with Gasteiger partial charge in [0.2, 0.25) is 7.37 Å². The molecule has 7 heteroatoms. The molecule has 0 radical (unpaired) electrons. The van der Waals surface area contributed by atoms with Gasteiger partial charge in [-0.25, -0.2) is 0 Å². The Kier molecular flexibility index (Phi) is 6.04. The Morgan fingerprint density at radius 1 is 1.21 bits per heavy atom. The van der Waals surface area contributed by atoms with Crippen molar-refractivity contribution in [2.75, 3.05) is 17.7 Å². The van der Waals surface area contributed by atoms with Crippen LogP contribution in [0.2, 0.25) is 0 Å². The molecule has 0 saturated heterocycles. The third-order valence-corrected chi connectivity index (χ3v) is 7.37. The first-order valence-corrected chi connectivity index (χ1v) is 12.0. The first-order valence-electron chi connectivity index (χ1n) is 8.94. The highest BCUT2D eigenvalue weighted by Crippen LogP contribution is 2.53. The summed E-state index contributed by atoms with van der Waals surface area (Å²) in [6.07, 6.45) is 0.557. The van der Waals surface area contributed by atoms with Crippen LogP contribution in [0, 0.1) is 0 Å². The molecule has 5 nitrogen and oxygen atoms in total. The molecule has 0 spiro atoms. The molecule has 1 heterocycles. The maximum atomic E-state index is 12.6. The van der Waals surface area contributed by atoms with E-state index in [2.05, 4.69) is 5.32 Å². The summed E-state index contributed by atoms with van der Waals surface area (Å²) in [4.78, 5) is 23.6. The summed E-state index contributed by atoms with van der Waals surface area (Å²) in [5.41, 5.74) is 8.85. The van der Waals surface area contributed by atoms with Crippen LogP contribution < -0.4 is 11.1 Å². The molecule has 1 aromatic heterocycles. The normalized spacial score (nSPS) is 14.2. The third-order valence-electron chi connectivity index (χ3n) is 4.63. The van der Waals surface area contributed by atoms with Gasteiger partial charge >= 0.3 is 0 Å². The van der Waals surface area contributed by atoms with Crippen LogP contribution in [0.4, 0.5) is 11.4 Å². The molecule has 3 aromatic rings. The summed E-state index contributed by atoms with van der Waals surface area (Å²) < 4.78 is 12.0. The van der Waals surface area contributed by atoms with Gasteiger partial charge in [0, 0.05) is 17.1 Å². The van der Waals surface area contributed by atoms with Crippen molar-refractivity contribution in [1.82, 2.24) is 0 Å². The van der Waals surface area contributed by atoms with Gasteiger partial charge in [-0.2, -0.15) is 0 Å². The molecule has 0 aliphatic rings. The largest absolute Gasteiger partial charge is 0.397 e. The molecule has 2 atom stereocenters. The van der Waals surface area contributed by atoms with Crippen LogP contribution in [0.5, 0.6) is 0 Å². The molecule has 2 aromatic carbocycles. The summed E-state index contributed by atoms with van der Waals surface area (Å²) in [5.74, 6) is -0.279. The van der Waals surface area contributed by atoms with Gasteiger partial charge < -0.3 is 15.9 Å². The number of hydrogen-bond acceptors (Lipinski definition) is 4. The predicted molar refractivity (Wildman–Crippen MR) is 117 cm³/mol. The second-order valence-electron chi connectivity index (χ2n) is 6.72. The number of carbonyl (C=O) groups is 1. The maximum absolute atomic E-state index is 12.6. The van der Waals surface area contributed by atoms with Crippen LogP contribution >= 0.6 is 18.7 Å². The van der Waals surface area contributed by atoms with Gasteiger partial charge in [-0.05, 0) is 53.3 Å². The number of rotatable bonds is 6. The van der Waals surface area contributed by atoms with Crippen LogP contribution in [0.15, 0.2) is 60.0 Å². The Labute approximate surface area is 168 Å². The van der Waals surface area contributed by atoms with Gasteiger partial charge in [0.05, 0.1) is 17.0 Å². The monoisotopic (exact) mass is 414 g/mol. The lowest BCUT2D eigenvalue weighted by molar-refractivity contribution is 0.102. The van der Waals surface area contributed by atoms with Crippen molar-refractivity contribution in [3.63, 3.8) is 0 Å². The zero-order valence-electron chi connectivity index (χ0n) is 15.8. The molecule has 0 aliphatic heterocycles. The topological polar surface area (TPSA) is 92.4 Å². The lowest BCUT2D eigenvalue weighted by Gasteiger charge is -2.19. The van der Waals surface area contributed by atoms with Crippen LogP contribution in [-0.2, 0) is 4.57 Å². The zero-order valence-corrected chi connectivity index (χ0v) is 17.5. The molecule has 0 saturated carbocycles. The Morgan fingerprint density at radius 3 is 2.50 bits per heavy atom. The number of thiophene rings is 1. The third kappa shape index (κ3) is 4.53. The molecule has 0 bridgehead atoms. The molecule has 0 fully saturated rings. The number of anilines is 2. The number of hydrogen-bond donors (Lipinski definition) is 3. The smallest absolute Gasteiger partial charge is 0.255 e. The molecular weight excluding hydrogens is 391 g/mol. The highest BCUT2D eigenvalue weighted by Gasteiger charge is 2.25. The van der Waals surface area contributed by atoms with E-state index in [-0.39, 0.29) is 5.91 Å². The Balaban J connectivity index is 1.80. The molecule has 3 rings (SSSR count). The Hall–Kier alpha value is -2.40. The number of carbonyl (C=O) groups excluding carboxylic acids is 1. The second-order valence-corrected chi connectivity index (χ2v) is 10.2. The lowest BCUT2D eigenvalue weighted by atomic mass is 10.1. The summed E-state index contributed by atoms with van der Waals surface area (Å²) in [6.45, 7) is 3.24. The van der Waals surface area contributed by atoms with E-state index in [9.17, 15) is 14.3 Å². The van der Waals surface area contributed by atoms with E-state index in [0.29, 0.717) is 23.4 Å². The summed E-state index contributed by atoms with van der Waals surface area (Å²) in [6, 6.07) is 16.4. The summed E-state index contributed by atoms with van der Waals surface area (Å²) >= 11 is 1.62. The van der Waals surface area contributed by atoms with Gasteiger partial charge in [-0.3, -0.25) is 9.36 Å². The van der Waals surface area contributed by atoms with E-state index in [4.69, 9.17) is 5.73 Å². The number of nitrogens with two attached hydrogens (primary N) is 1. The molecular formula is C21H23N2O3PS. The van der Waals surface area contributed by atoms with Crippen LogP contribution in [0.1, 0.15) is 34.9 Å². The molecule has 4 N–H and O–H groups in total. The van der Waals surface area contributed by atoms with Crippen molar-refractivity contribution in [3.8, 4) is 10.4 Å². The molecule has 28 heavy (non-hydrogen) atoms. The van der Waals surface area contributed by atoms with Crippen molar-refractivity contribution in [3.05, 3.63) is 71.1 Å². The summed E-state index contributed by atoms with van der Waals surface area (Å²) in [5, 5.41) is 4.85. The molecule has 146 valence electrons. The SMILES string of the molecule is CCC(c1ccc(C(=O)Nc2cc(-c3cccs3)ccc2N)cc1)P(C)(=O)O. The summed E-state index contributed by atoms with van der Waals surface area (Å²) in [7, 11) is -3.24. The van der Waals surface area contributed by atoms with Gasteiger partial charge in [0.1, 0.15) is 0 Å². The lowest BCUT2D eigenvalue weighted by Crippen LogP contribution is -2.13. The van der Waals surface area contributed by atoms with Crippen molar-refractivity contribution < 1.29 is 14.3 Å². The fraction of sp³-hybridized carbons (Fsp3) is 0.190. The fourth-order valence-electron chi connectivity index (χ4n) is 3.16. The highest BCUT2D eigenvalue weighted by molar-refractivity contribution is 7.57. The highest BCUT2D eigenvalue weighted by atomic mass is 32.1. The van der Waals surface area contributed by atoms with Crippen LogP contribution in [-0.4, -0.2) is 17.5 Å². The molecule has 2 unspecified atom stereocenters. The number of nitrogens with one attached hydrogen (secondary N) is 1. The Morgan fingerprint density at radius 2 is 1.93 bits per heavy atom. The van der Waals surface area contributed by atoms with Crippen LogP contribution in [0.25, 0.3) is 10.4 Å². The number of amides is 1. The van der Waals surface area contributed by atoms with Crippen molar-refractivity contribution in [1.29, 1.82) is 0 Å². The van der Waals surface area contributed by atoms with Gasteiger partial charge in [-0.1, -0.05) is 31.2 Å². The predicted octanol–water partition coefficient (Wildman–Crippen LogP) is 5.60. The van der Waals surface area contributed by atoms with E-state index in [1.54, 1.807) is 41.7 Å². The van der Waals surface area contributed by atoms with E-state index in [1.165, 1.54) is 6.66 Å². The van der Waals surface area contributed by atoms with Crippen molar-refractivity contribution >= 4 is 36.0 Å². The number of nitrogen functional groups attached to an aromatic ring is 1. The minimum Gasteiger partial charge on any atom is -0.397 e. The zero-order chi connectivity index (χ0) is 20.3.